The van der Waals surface area contributed by atoms with Gasteiger partial charge >= 0.3 is 5.97 Å². The number of hydrogen-bond donors (Lipinski definition) is 2. The van der Waals surface area contributed by atoms with Gasteiger partial charge in [0.15, 0.2) is 11.4 Å². The fourth-order valence-corrected chi connectivity index (χ4v) is 3.72. The van der Waals surface area contributed by atoms with Crippen LogP contribution in [0, 0.1) is 0 Å². The Hall–Kier alpha value is -3.22. The normalized spacial score (nSPS) is 17.5. The summed E-state index contributed by atoms with van der Waals surface area (Å²) >= 11 is 0. The average molecular weight is 349 g/mol. The van der Waals surface area contributed by atoms with Gasteiger partial charge in [-0.05, 0) is 36.5 Å². The Labute approximate surface area is 147 Å². The number of carbonyl (C=O) groups is 2. The molecule has 7 nitrogen and oxygen atoms in total. The molecule has 3 aromatic rings. The molecule has 5 rings (SSSR count). The van der Waals surface area contributed by atoms with Crippen LogP contribution in [0.5, 0.6) is 0 Å². The summed E-state index contributed by atoms with van der Waals surface area (Å²) in [6, 6.07) is 8.75. The zero-order valence-electron chi connectivity index (χ0n) is 13.8. The van der Waals surface area contributed by atoms with Gasteiger partial charge < -0.3 is 5.11 Å². The first-order chi connectivity index (χ1) is 12.5. The number of aryl methyl sites for hydroxylation is 1. The van der Waals surface area contributed by atoms with E-state index in [2.05, 4.69) is 10.1 Å². The van der Waals surface area contributed by atoms with Crippen molar-refractivity contribution in [2.45, 2.75) is 31.1 Å². The molecule has 26 heavy (non-hydrogen) atoms. The Morgan fingerprint density at radius 3 is 2.62 bits per heavy atom. The monoisotopic (exact) mass is 349 g/mol. The number of carbonyl (C=O) groups excluding carboxylic acids is 1. The number of rotatable bonds is 3. The third-order valence-corrected chi connectivity index (χ3v) is 5.45. The number of fused-ring (bicyclic) bond motifs is 2. The molecule has 0 unspecified atom stereocenters. The number of hydrogen-bond acceptors (Lipinski definition) is 4. The van der Waals surface area contributed by atoms with E-state index in [0.717, 1.165) is 22.3 Å². The Kier molecular flexibility index (Phi) is 2.84. The number of nitrogens with zero attached hydrogens (tertiary/aromatic N) is 2. The van der Waals surface area contributed by atoms with Crippen LogP contribution in [0.15, 0.2) is 35.1 Å². The first kappa shape index (κ1) is 15.1. The number of benzene rings is 1. The van der Waals surface area contributed by atoms with Crippen LogP contribution in [0.1, 0.15) is 41.0 Å². The first-order valence-corrected chi connectivity index (χ1v) is 8.52. The molecule has 2 aliphatic rings. The molecule has 0 radical (unpaired) electrons. The van der Waals surface area contributed by atoms with Crippen molar-refractivity contribution in [3.05, 3.63) is 57.6 Å². The summed E-state index contributed by atoms with van der Waals surface area (Å²) in [6.07, 6.45) is 2.25. The molecule has 1 saturated carbocycles. The lowest BCUT2D eigenvalue weighted by Crippen LogP contribution is -2.21. The number of carboxylic acids is 1. The molecule has 1 fully saturated rings. The molecule has 0 aliphatic heterocycles. The molecule has 0 atom stereocenters. The lowest BCUT2D eigenvalue weighted by atomic mass is 10.0. The van der Waals surface area contributed by atoms with Crippen LogP contribution in [0.25, 0.3) is 16.8 Å². The van der Waals surface area contributed by atoms with Gasteiger partial charge in [0.05, 0.1) is 0 Å². The van der Waals surface area contributed by atoms with E-state index in [-0.39, 0.29) is 11.3 Å². The molecule has 1 aromatic carbocycles. The van der Waals surface area contributed by atoms with E-state index >= 15 is 0 Å². The third kappa shape index (κ3) is 1.94. The number of ketones is 1. The molecular weight excluding hydrogens is 334 g/mol. The quantitative estimate of drug-likeness (QED) is 0.752. The van der Waals surface area contributed by atoms with Crippen LogP contribution in [0.3, 0.4) is 0 Å². The molecule has 2 heterocycles. The Morgan fingerprint density at radius 1 is 1.12 bits per heavy atom. The number of pyridine rings is 1. The topological polar surface area (TPSA) is 105 Å². The predicted molar refractivity (Wildman–Crippen MR) is 92.4 cm³/mol. The van der Waals surface area contributed by atoms with Gasteiger partial charge in [0.25, 0.3) is 5.56 Å². The smallest absolute Gasteiger partial charge is 0.317 e. The summed E-state index contributed by atoms with van der Waals surface area (Å²) in [7, 11) is 0. The van der Waals surface area contributed by atoms with Gasteiger partial charge in [0, 0.05) is 23.6 Å². The van der Waals surface area contributed by atoms with Crippen molar-refractivity contribution in [3.63, 3.8) is 0 Å². The maximum absolute atomic E-state index is 12.2. The van der Waals surface area contributed by atoms with Crippen molar-refractivity contribution >= 4 is 17.4 Å². The van der Waals surface area contributed by atoms with Gasteiger partial charge in [-0.25, -0.2) is 4.98 Å². The maximum Gasteiger partial charge on any atom is 0.317 e. The van der Waals surface area contributed by atoms with Crippen molar-refractivity contribution in [1.29, 1.82) is 0 Å². The fourth-order valence-electron chi connectivity index (χ4n) is 3.72. The zero-order chi connectivity index (χ0) is 18.1. The van der Waals surface area contributed by atoms with Gasteiger partial charge in [-0.1, -0.05) is 18.2 Å². The second kappa shape index (κ2) is 4.91. The number of carboxylic acid groups (broad SMARTS) is 1. The molecule has 0 amide bonds. The molecule has 7 heteroatoms. The molecule has 130 valence electrons. The molecule has 2 aliphatic carbocycles. The molecule has 2 N–H and O–H groups in total. The van der Waals surface area contributed by atoms with Crippen LogP contribution < -0.4 is 5.56 Å². The van der Waals surface area contributed by atoms with Crippen LogP contribution in [-0.2, 0) is 16.6 Å². The zero-order valence-corrected chi connectivity index (χ0v) is 13.8. The van der Waals surface area contributed by atoms with Gasteiger partial charge in [-0.15, -0.1) is 0 Å². The summed E-state index contributed by atoms with van der Waals surface area (Å²) in [5.41, 5.74) is 2.44. The van der Waals surface area contributed by atoms with Gasteiger partial charge in [-0.2, -0.15) is 4.52 Å². The van der Waals surface area contributed by atoms with E-state index in [1.807, 2.05) is 18.2 Å². The number of H-pyrrole nitrogens is 1. The van der Waals surface area contributed by atoms with E-state index < -0.39 is 11.4 Å². The van der Waals surface area contributed by atoms with Crippen molar-refractivity contribution < 1.29 is 14.7 Å². The fraction of sp³-hybridized carbons (Fsp3) is 0.263. The Morgan fingerprint density at radius 2 is 1.88 bits per heavy atom. The van der Waals surface area contributed by atoms with Crippen molar-refractivity contribution in [2.24, 2.45) is 0 Å². The second-order valence-corrected chi connectivity index (χ2v) is 7.00. The van der Waals surface area contributed by atoms with Crippen molar-refractivity contribution in [2.75, 3.05) is 0 Å². The minimum atomic E-state index is -1.01. The highest BCUT2D eigenvalue weighted by molar-refractivity contribution is 6.01. The maximum atomic E-state index is 12.2. The van der Waals surface area contributed by atoms with Crippen molar-refractivity contribution in [3.8, 4) is 11.1 Å². The van der Waals surface area contributed by atoms with Gasteiger partial charge in [0.1, 0.15) is 11.2 Å². The van der Waals surface area contributed by atoms with Crippen LogP contribution in [-0.4, -0.2) is 31.5 Å². The highest BCUT2D eigenvalue weighted by atomic mass is 16.4. The molecule has 0 bridgehead atoms. The molecule has 2 aromatic heterocycles. The van der Waals surface area contributed by atoms with E-state index in [9.17, 15) is 19.5 Å². The minimum absolute atomic E-state index is 0.153. The van der Waals surface area contributed by atoms with Crippen LogP contribution in [0.2, 0.25) is 0 Å². The largest absolute Gasteiger partial charge is 0.480 e. The highest BCUT2D eigenvalue weighted by Gasteiger charge is 2.54. The Balaban J connectivity index is 1.71. The summed E-state index contributed by atoms with van der Waals surface area (Å²) < 4.78 is 1.30. The lowest BCUT2D eigenvalue weighted by Gasteiger charge is -2.05. The number of nitrogens with one attached hydrogen (secondary N) is 1. The molecular formula is C19H15N3O4. The minimum Gasteiger partial charge on any atom is -0.480 e. The number of aromatic amines is 1. The van der Waals surface area contributed by atoms with E-state index in [1.54, 1.807) is 6.07 Å². The number of aromatic nitrogens is 3. The lowest BCUT2D eigenvalue weighted by molar-refractivity contribution is -0.140. The second-order valence-electron chi connectivity index (χ2n) is 7.00. The summed E-state index contributed by atoms with van der Waals surface area (Å²) in [4.78, 5) is 40.1. The summed E-state index contributed by atoms with van der Waals surface area (Å²) in [5.74, 6) is -0.465. The third-order valence-electron chi connectivity index (χ3n) is 5.45. The number of Topliss-reactive ketones (excluding diaryl/α,β-unsaturated/α-hetero) is 1. The Bertz CT molecular complexity index is 1170. The van der Waals surface area contributed by atoms with Crippen LogP contribution >= 0.6 is 0 Å². The van der Waals surface area contributed by atoms with E-state index in [1.165, 1.54) is 10.6 Å². The first-order valence-electron chi connectivity index (χ1n) is 8.52. The van der Waals surface area contributed by atoms with Crippen molar-refractivity contribution in [1.82, 2.24) is 14.6 Å². The van der Waals surface area contributed by atoms with Gasteiger partial charge in [-0.3, -0.25) is 19.5 Å². The molecule has 0 saturated heterocycles. The molecule has 0 spiro atoms. The highest BCUT2D eigenvalue weighted by Crippen LogP contribution is 2.47. The average Bonchev–Trinajstić information content (AvgIpc) is 3.19. The van der Waals surface area contributed by atoms with Gasteiger partial charge in [0.2, 0.25) is 0 Å². The predicted octanol–water partition coefficient (Wildman–Crippen LogP) is 1.93. The number of aliphatic carboxylic acids is 1. The standard InChI is InChI=1S/C19H15N3O4/c23-14-5-2-10-9-11(1-3-12(10)14)13-4-6-15(24)22-16(13)20-17(21-22)19(7-8-19)18(25)26/h1,3-4,6,9H,2,5,7-8H2,(H,20,21)(H,25,26). The summed E-state index contributed by atoms with van der Waals surface area (Å²) in [5, 5.41) is 12.4. The SMILES string of the molecule is O=C1CCc2cc(-c3ccc(=O)n4[nH]c(C5(C(=O)O)CC5)nc34)ccc21. The van der Waals surface area contributed by atoms with Crippen LogP contribution in [0.4, 0.5) is 0 Å². The summed E-state index contributed by atoms with van der Waals surface area (Å²) in [6.45, 7) is 0. The van der Waals surface area contributed by atoms with E-state index in [0.29, 0.717) is 37.2 Å². The van der Waals surface area contributed by atoms with E-state index in [4.69, 9.17) is 0 Å².